The highest BCUT2D eigenvalue weighted by molar-refractivity contribution is 7.80. The first kappa shape index (κ1) is 23.6. The number of nitrogens with zero attached hydrogens (tertiary/aromatic N) is 3. The van der Waals surface area contributed by atoms with E-state index in [2.05, 4.69) is 22.3 Å². The fourth-order valence-corrected chi connectivity index (χ4v) is 4.37. The number of hydrogen-bond acceptors (Lipinski definition) is 7. The van der Waals surface area contributed by atoms with Crippen molar-refractivity contribution in [2.75, 3.05) is 27.9 Å². The summed E-state index contributed by atoms with van der Waals surface area (Å²) in [5.74, 6) is 2.97. The molecule has 0 spiro atoms. The second kappa shape index (κ2) is 10.1. The lowest BCUT2D eigenvalue weighted by Gasteiger charge is -2.37. The minimum absolute atomic E-state index is 0.301. The average Bonchev–Trinajstić information content (AvgIpc) is 3.35. The van der Waals surface area contributed by atoms with E-state index in [0.29, 0.717) is 28.3 Å². The minimum atomic E-state index is -0.301. The van der Waals surface area contributed by atoms with Crippen LogP contribution in [0, 0.1) is 0 Å². The van der Waals surface area contributed by atoms with Crippen molar-refractivity contribution in [3.63, 3.8) is 0 Å². The topological polar surface area (TPSA) is 81.9 Å². The van der Waals surface area contributed by atoms with Gasteiger partial charge in [-0.2, -0.15) is 4.98 Å². The maximum Gasteiger partial charge on any atom is 0.258 e. The van der Waals surface area contributed by atoms with Gasteiger partial charge in [0.25, 0.3) is 5.89 Å². The molecule has 8 nitrogen and oxygen atoms in total. The number of hydrogen-bond donors (Lipinski definition) is 1. The molecule has 0 saturated carbocycles. The highest BCUT2D eigenvalue weighted by Gasteiger charge is 2.34. The van der Waals surface area contributed by atoms with Gasteiger partial charge in [0.1, 0.15) is 5.75 Å². The van der Waals surface area contributed by atoms with Gasteiger partial charge in [-0.25, -0.2) is 0 Å². The van der Waals surface area contributed by atoms with E-state index in [1.807, 2.05) is 49.4 Å². The van der Waals surface area contributed by atoms with Crippen molar-refractivity contribution in [2.24, 2.45) is 0 Å². The Kier molecular flexibility index (Phi) is 7.02. The molecule has 0 amide bonds. The molecular weight excluding hydrogens is 452 g/mol. The molecule has 2 aromatic carbocycles. The first-order chi connectivity index (χ1) is 16.5. The summed E-state index contributed by atoms with van der Waals surface area (Å²) >= 11 is 5.71. The summed E-state index contributed by atoms with van der Waals surface area (Å²) in [6.07, 6.45) is 0.939. The van der Waals surface area contributed by atoms with Gasteiger partial charge in [-0.05, 0) is 67.5 Å². The Morgan fingerprint density at radius 1 is 1.03 bits per heavy atom. The Morgan fingerprint density at radius 3 is 2.41 bits per heavy atom. The zero-order chi connectivity index (χ0) is 24.2. The molecule has 1 N–H and O–H groups in total. The second-order valence-electron chi connectivity index (χ2n) is 7.80. The predicted octanol–water partition coefficient (Wildman–Crippen LogP) is 4.83. The van der Waals surface area contributed by atoms with E-state index in [-0.39, 0.29) is 6.04 Å². The average molecular weight is 481 g/mol. The van der Waals surface area contributed by atoms with Crippen molar-refractivity contribution < 1.29 is 18.7 Å². The van der Waals surface area contributed by atoms with Crippen LogP contribution in [-0.2, 0) is 0 Å². The van der Waals surface area contributed by atoms with Crippen LogP contribution >= 0.6 is 12.2 Å². The Morgan fingerprint density at radius 2 is 1.76 bits per heavy atom. The van der Waals surface area contributed by atoms with Crippen LogP contribution in [0.2, 0.25) is 0 Å². The summed E-state index contributed by atoms with van der Waals surface area (Å²) in [6, 6.07) is 13.0. The van der Waals surface area contributed by atoms with Crippen molar-refractivity contribution in [3.05, 3.63) is 59.6 Å². The Labute approximate surface area is 204 Å². The standard InChI is InChI=1S/C25H28N4O4S/c1-6-13-29-15(2)21(24-27-23(28-33-24)16-7-10-18(30-3)11-8-16)22(26-25(29)34)17-9-12-19(31-4)20(14-17)32-5/h7-12,14,22H,6,13H2,1-5H3,(H,26,34). The molecule has 2 heterocycles. The van der Waals surface area contributed by atoms with Crippen LogP contribution < -0.4 is 19.5 Å². The summed E-state index contributed by atoms with van der Waals surface area (Å²) in [4.78, 5) is 6.81. The summed E-state index contributed by atoms with van der Waals surface area (Å²) in [6.45, 7) is 4.92. The molecular formula is C25H28N4O4S. The van der Waals surface area contributed by atoms with E-state index in [9.17, 15) is 0 Å². The highest BCUT2D eigenvalue weighted by atomic mass is 32.1. The van der Waals surface area contributed by atoms with Gasteiger partial charge in [0.05, 0.1) is 32.9 Å². The summed E-state index contributed by atoms with van der Waals surface area (Å²) in [7, 11) is 4.86. The molecule has 34 heavy (non-hydrogen) atoms. The Bertz CT molecular complexity index is 1210. The van der Waals surface area contributed by atoms with Crippen LogP contribution in [0.5, 0.6) is 17.2 Å². The van der Waals surface area contributed by atoms with E-state index >= 15 is 0 Å². The highest BCUT2D eigenvalue weighted by Crippen LogP contribution is 2.40. The van der Waals surface area contributed by atoms with Gasteiger partial charge in [-0.15, -0.1) is 0 Å². The zero-order valence-corrected chi connectivity index (χ0v) is 20.7. The number of nitrogens with one attached hydrogen (secondary N) is 1. The molecule has 1 atom stereocenters. The molecule has 0 aliphatic carbocycles. The summed E-state index contributed by atoms with van der Waals surface area (Å²) < 4.78 is 22.0. The van der Waals surface area contributed by atoms with Crippen molar-refractivity contribution >= 4 is 22.9 Å². The molecule has 0 bridgehead atoms. The number of methoxy groups -OCH3 is 3. The van der Waals surface area contributed by atoms with E-state index in [1.54, 1.807) is 21.3 Å². The quantitative estimate of drug-likeness (QED) is 0.456. The van der Waals surface area contributed by atoms with Gasteiger partial charge < -0.3 is 29.0 Å². The third-order valence-corrected chi connectivity index (χ3v) is 6.13. The van der Waals surface area contributed by atoms with Gasteiger partial charge >= 0.3 is 0 Å². The predicted molar refractivity (Wildman–Crippen MR) is 134 cm³/mol. The van der Waals surface area contributed by atoms with Crippen LogP contribution in [0.3, 0.4) is 0 Å². The lowest BCUT2D eigenvalue weighted by atomic mass is 9.94. The van der Waals surface area contributed by atoms with Crippen molar-refractivity contribution in [1.29, 1.82) is 0 Å². The molecule has 1 aliphatic rings. The molecule has 0 radical (unpaired) electrons. The molecule has 178 valence electrons. The number of aromatic nitrogens is 2. The Balaban J connectivity index is 1.80. The number of benzene rings is 2. The number of allylic oxidation sites excluding steroid dienone is 1. The van der Waals surface area contributed by atoms with Gasteiger partial charge in [0.2, 0.25) is 5.82 Å². The third kappa shape index (κ3) is 4.43. The maximum atomic E-state index is 5.78. The zero-order valence-electron chi connectivity index (χ0n) is 19.9. The van der Waals surface area contributed by atoms with Crippen molar-refractivity contribution in [3.8, 4) is 28.6 Å². The monoisotopic (exact) mass is 480 g/mol. The van der Waals surface area contributed by atoms with Crippen LogP contribution in [0.1, 0.15) is 37.8 Å². The minimum Gasteiger partial charge on any atom is -0.497 e. The molecule has 1 aliphatic heterocycles. The molecule has 0 fully saturated rings. The Hall–Kier alpha value is -3.59. The van der Waals surface area contributed by atoms with Gasteiger partial charge in [-0.1, -0.05) is 18.1 Å². The van der Waals surface area contributed by atoms with Crippen LogP contribution in [-0.4, -0.2) is 48.0 Å². The number of rotatable bonds is 8. The lowest BCUT2D eigenvalue weighted by molar-refractivity contribution is 0.354. The van der Waals surface area contributed by atoms with Crippen molar-refractivity contribution in [1.82, 2.24) is 20.4 Å². The van der Waals surface area contributed by atoms with Crippen molar-refractivity contribution in [2.45, 2.75) is 26.3 Å². The van der Waals surface area contributed by atoms with Gasteiger partial charge in [-0.3, -0.25) is 0 Å². The molecule has 1 aromatic heterocycles. The fraction of sp³-hybridized carbons (Fsp3) is 0.320. The van der Waals surface area contributed by atoms with E-state index < -0.39 is 0 Å². The SMILES string of the molecule is CCCN1C(=S)NC(c2ccc(OC)c(OC)c2)C(c2nc(-c3ccc(OC)cc3)no2)=C1C. The molecule has 4 rings (SSSR count). The van der Waals surface area contributed by atoms with Crippen LogP contribution in [0.15, 0.2) is 52.7 Å². The first-order valence-corrected chi connectivity index (χ1v) is 11.4. The fourth-order valence-electron chi connectivity index (χ4n) is 4.02. The van der Waals surface area contributed by atoms with E-state index in [1.165, 1.54) is 0 Å². The van der Waals surface area contributed by atoms with Crippen LogP contribution in [0.25, 0.3) is 17.0 Å². The largest absolute Gasteiger partial charge is 0.497 e. The third-order valence-electron chi connectivity index (χ3n) is 5.79. The summed E-state index contributed by atoms with van der Waals surface area (Å²) in [5.41, 5.74) is 3.60. The van der Waals surface area contributed by atoms with Gasteiger partial charge in [0.15, 0.2) is 16.6 Å². The number of ether oxygens (including phenoxy) is 3. The maximum absolute atomic E-state index is 5.78. The molecule has 9 heteroatoms. The molecule has 3 aromatic rings. The van der Waals surface area contributed by atoms with E-state index in [4.69, 9.17) is 35.9 Å². The smallest absolute Gasteiger partial charge is 0.258 e. The van der Waals surface area contributed by atoms with E-state index in [0.717, 1.165) is 41.1 Å². The first-order valence-electron chi connectivity index (χ1n) is 11.0. The normalized spacial score (nSPS) is 15.9. The number of thiocarbonyl (C=S) groups is 1. The molecule has 0 saturated heterocycles. The van der Waals surface area contributed by atoms with Crippen LogP contribution in [0.4, 0.5) is 0 Å². The van der Waals surface area contributed by atoms with Gasteiger partial charge in [0, 0.05) is 17.8 Å². The molecule has 1 unspecified atom stereocenters. The lowest BCUT2D eigenvalue weighted by Crippen LogP contribution is -2.46. The summed E-state index contributed by atoms with van der Waals surface area (Å²) in [5, 5.41) is 8.35. The second-order valence-corrected chi connectivity index (χ2v) is 8.19.